The SMILES string of the molecule is CC1(C)C2C(=O)N(Cc3cc(F)ccc3N)C(=O)C21. The predicted molar refractivity (Wildman–Crippen MR) is 67.1 cm³/mol. The Labute approximate surface area is 110 Å². The van der Waals surface area contributed by atoms with Gasteiger partial charge in [0.15, 0.2) is 0 Å². The second-order valence-corrected chi connectivity index (χ2v) is 5.88. The standard InChI is InChI=1S/C14H15FN2O2/c1-14(2)10-11(14)13(19)17(12(10)18)6-7-5-8(15)3-4-9(7)16/h3-5,10-11H,6,16H2,1-2H3. The summed E-state index contributed by atoms with van der Waals surface area (Å²) in [5.74, 6) is -1.18. The quantitative estimate of drug-likeness (QED) is 0.649. The Bertz CT molecular complexity index is 573. The number of nitrogen functional groups attached to an aromatic ring is 1. The molecule has 4 nitrogen and oxygen atoms in total. The van der Waals surface area contributed by atoms with Gasteiger partial charge in [0.2, 0.25) is 11.8 Å². The summed E-state index contributed by atoms with van der Waals surface area (Å²) in [5, 5.41) is 0. The summed E-state index contributed by atoms with van der Waals surface area (Å²) in [5.41, 5.74) is 6.38. The highest BCUT2D eigenvalue weighted by Crippen LogP contribution is 2.63. The molecule has 2 fully saturated rings. The molecule has 0 radical (unpaired) electrons. The molecule has 2 amide bonds. The predicted octanol–water partition coefficient (Wildman–Crippen LogP) is 1.55. The molecular weight excluding hydrogens is 247 g/mol. The zero-order chi connectivity index (χ0) is 13.9. The minimum atomic E-state index is -0.422. The highest BCUT2D eigenvalue weighted by Gasteiger charge is 2.72. The van der Waals surface area contributed by atoms with Crippen LogP contribution in [0, 0.1) is 23.1 Å². The molecule has 0 bridgehead atoms. The Morgan fingerprint density at radius 1 is 1.26 bits per heavy atom. The molecule has 3 rings (SSSR count). The molecule has 2 aliphatic rings. The lowest BCUT2D eigenvalue weighted by Gasteiger charge is -2.21. The Morgan fingerprint density at radius 2 is 1.84 bits per heavy atom. The van der Waals surface area contributed by atoms with Crippen LogP contribution >= 0.6 is 0 Å². The Hall–Kier alpha value is -1.91. The third-order valence-electron chi connectivity index (χ3n) is 4.32. The smallest absolute Gasteiger partial charge is 0.233 e. The van der Waals surface area contributed by atoms with Crippen LogP contribution in [0.2, 0.25) is 0 Å². The van der Waals surface area contributed by atoms with Crippen molar-refractivity contribution in [1.82, 2.24) is 4.90 Å². The van der Waals surface area contributed by atoms with Crippen LogP contribution in [-0.4, -0.2) is 16.7 Å². The first-order valence-electron chi connectivity index (χ1n) is 6.23. The van der Waals surface area contributed by atoms with E-state index in [9.17, 15) is 14.0 Å². The lowest BCUT2D eigenvalue weighted by Crippen LogP contribution is -2.35. The molecule has 1 aromatic carbocycles. The summed E-state index contributed by atoms with van der Waals surface area (Å²) >= 11 is 0. The fraction of sp³-hybridized carbons (Fsp3) is 0.429. The molecule has 1 aromatic rings. The van der Waals surface area contributed by atoms with Gasteiger partial charge in [-0.15, -0.1) is 0 Å². The maximum Gasteiger partial charge on any atom is 0.233 e. The van der Waals surface area contributed by atoms with Crippen molar-refractivity contribution in [1.29, 1.82) is 0 Å². The molecule has 0 aromatic heterocycles. The van der Waals surface area contributed by atoms with Gasteiger partial charge in [0.25, 0.3) is 0 Å². The van der Waals surface area contributed by atoms with Gasteiger partial charge in [0.1, 0.15) is 5.82 Å². The van der Waals surface area contributed by atoms with Gasteiger partial charge in [0.05, 0.1) is 18.4 Å². The van der Waals surface area contributed by atoms with Gasteiger partial charge in [-0.05, 0) is 29.2 Å². The molecule has 2 N–H and O–H groups in total. The molecule has 1 aliphatic carbocycles. The Balaban J connectivity index is 1.85. The van der Waals surface area contributed by atoms with Crippen LogP contribution in [0.5, 0.6) is 0 Å². The number of anilines is 1. The van der Waals surface area contributed by atoms with Gasteiger partial charge in [-0.2, -0.15) is 0 Å². The Kier molecular flexibility index (Phi) is 2.27. The lowest BCUT2D eigenvalue weighted by atomic mass is 10.0. The number of nitrogens with two attached hydrogens (primary N) is 1. The van der Waals surface area contributed by atoms with Crippen LogP contribution in [0.3, 0.4) is 0 Å². The van der Waals surface area contributed by atoms with Crippen molar-refractivity contribution in [3.63, 3.8) is 0 Å². The summed E-state index contributed by atoms with van der Waals surface area (Å²) in [6.45, 7) is 3.91. The van der Waals surface area contributed by atoms with E-state index in [0.717, 1.165) is 0 Å². The molecule has 1 heterocycles. The van der Waals surface area contributed by atoms with Crippen molar-refractivity contribution in [2.75, 3.05) is 5.73 Å². The summed E-state index contributed by atoms with van der Waals surface area (Å²) in [6.07, 6.45) is 0. The van der Waals surface area contributed by atoms with E-state index < -0.39 is 5.82 Å². The second-order valence-electron chi connectivity index (χ2n) is 5.88. The number of hydrogen-bond acceptors (Lipinski definition) is 3. The molecule has 1 aliphatic heterocycles. The molecule has 100 valence electrons. The highest BCUT2D eigenvalue weighted by atomic mass is 19.1. The van der Waals surface area contributed by atoms with E-state index >= 15 is 0 Å². The van der Waals surface area contributed by atoms with E-state index in [1.54, 1.807) is 0 Å². The van der Waals surface area contributed by atoms with Crippen molar-refractivity contribution in [3.05, 3.63) is 29.6 Å². The van der Waals surface area contributed by atoms with Gasteiger partial charge >= 0.3 is 0 Å². The lowest BCUT2D eigenvalue weighted by molar-refractivity contribution is -0.143. The molecule has 0 spiro atoms. The average molecular weight is 262 g/mol. The van der Waals surface area contributed by atoms with E-state index in [4.69, 9.17) is 5.73 Å². The summed E-state index contributed by atoms with van der Waals surface area (Å²) in [7, 11) is 0. The summed E-state index contributed by atoms with van der Waals surface area (Å²) < 4.78 is 13.2. The summed E-state index contributed by atoms with van der Waals surface area (Å²) in [4.78, 5) is 25.5. The number of benzene rings is 1. The van der Waals surface area contributed by atoms with Gasteiger partial charge in [-0.1, -0.05) is 13.8 Å². The van der Waals surface area contributed by atoms with E-state index in [-0.39, 0.29) is 35.6 Å². The van der Waals surface area contributed by atoms with Crippen molar-refractivity contribution in [2.24, 2.45) is 17.3 Å². The topological polar surface area (TPSA) is 63.4 Å². The third-order valence-corrected chi connectivity index (χ3v) is 4.32. The van der Waals surface area contributed by atoms with E-state index in [0.29, 0.717) is 11.3 Å². The molecule has 1 saturated carbocycles. The molecule has 2 atom stereocenters. The minimum Gasteiger partial charge on any atom is -0.398 e. The van der Waals surface area contributed by atoms with Gasteiger partial charge < -0.3 is 5.73 Å². The third kappa shape index (κ3) is 1.57. The van der Waals surface area contributed by atoms with Crippen molar-refractivity contribution < 1.29 is 14.0 Å². The number of rotatable bonds is 2. The average Bonchev–Trinajstić information content (AvgIpc) is 2.80. The van der Waals surface area contributed by atoms with Crippen LogP contribution < -0.4 is 5.73 Å². The molecule has 2 unspecified atom stereocenters. The Morgan fingerprint density at radius 3 is 2.42 bits per heavy atom. The number of imide groups is 1. The number of nitrogens with zero attached hydrogens (tertiary/aromatic N) is 1. The number of amides is 2. The minimum absolute atomic E-state index is 0.0599. The van der Waals surface area contributed by atoms with Crippen molar-refractivity contribution in [3.8, 4) is 0 Å². The zero-order valence-corrected chi connectivity index (χ0v) is 10.8. The maximum atomic E-state index is 13.2. The van der Waals surface area contributed by atoms with E-state index in [2.05, 4.69) is 0 Å². The van der Waals surface area contributed by atoms with Crippen LogP contribution in [0.4, 0.5) is 10.1 Å². The first-order chi connectivity index (χ1) is 8.84. The number of piperidine rings is 1. The number of hydrogen-bond donors (Lipinski definition) is 1. The maximum absolute atomic E-state index is 13.2. The number of fused-ring (bicyclic) bond motifs is 1. The summed E-state index contributed by atoms with van der Waals surface area (Å²) in [6, 6.07) is 3.97. The molecular formula is C14H15FN2O2. The van der Waals surface area contributed by atoms with Crippen LogP contribution in [0.1, 0.15) is 19.4 Å². The zero-order valence-electron chi connectivity index (χ0n) is 10.8. The van der Waals surface area contributed by atoms with Gasteiger partial charge in [0, 0.05) is 5.69 Å². The largest absolute Gasteiger partial charge is 0.398 e. The number of likely N-dealkylation sites (tertiary alicyclic amines) is 1. The first-order valence-corrected chi connectivity index (χ1v) is 6.23. The normalized spacial score (nSPS) is 27.6. The molecule has 1 saturated heterocycles. The molecule has 19 heavy (non-hydrogen) atoms. The van der Waals surface area contributed by atoms with Crippen molar-refractivity contribution >= 4 is 17.5 Å². The van der Waals surface area contributed by atoms with E-state index in [1.165, 1.54) is 23.1 Å². The monoisotopic (exact) mass is 262 g/mol. The van der Waals surface area contributed by atoms with Gasteiger partial charge in [-0.3, -0.25) is 14.5 Å². The van der Waals surface area contributed by atoms with E-state index in [1.807, 2.05) is 13.8 Å². The molecule has 5 heteroatoms. The number of carbonyl (C=O) groups is 2. The highest BCUT2D eigenvalue weighted by molar-refractivity contribution is 6.10. The van der Waals surface area contributed by atoms with Crippen LogP contribution in [0.25, 0.3) is 0 Å². The second kappa shape index (κ2) is 3.56. The fourth-order valence-corrected chi connectivity index (χ4v) is 3.04. The van der Waals surface area contributed by atoms with Crippen LogP contribution in [0.15, 0.2) is 18.2 Å². The fourth-order valence-electron chi connectivity index (χ4n) is 3.04. The number of halogens is 1. The van der Waals surface area contributed by atoms with Crippen molar-refractivity contribution in [2.45, 2.75) is 20.4 Å². The van der Waals surface area contributed by atoms with Crippen LogP contribution in [-0.2, 0) is 16.1 Å². The number of carbonyl (C=O) groups excluding carboxylic acids is 2. The first kappa shape index (κ1) is 12.1. The van der Waals surface area contributed by atoms with Gasteiger partial charge in [-0.25, -0.2) is 4.39 Å².